The van der Waals surface area contributed by atoms with Gasteiger partial charge in [-0.15, -0.1) is 0 Å². The fourth-order valence-corrected chi connectivity index (χ4v) is 3.34. The van der Waals surface area contributed by atoms with Crippen LogP contribution < -0.4 is 5.32 Å². The Morgan fingerprint density at radius 2 is 2.19 bits per heavy atom. The lowest BCUT2D eigenvalue weighted by Crippen LogP contribution is -2.54. The Balaban J connectivity index is 1.66. The normalized spacial score (nSPS) is 28.3. The van der Waals surface area contributed by atoms with Crippen LogP contribution in [0.15, 0.2) is 0 Å². The highest BCUT2D eigenvalue weighted by Crippen LogP contribution is 2.36. The van der Waals surface area contributed by atoms with E-state index < -0.39 is 0 Å². The molecule has 2 heteroatoms. The molecule has 2 aliphatic heterocycles. The Bertz CT molecular complexity index is 205. The van der Waals surface area contributed by atoms with Crippen LogP contribution in [-0.2, 0) is 4.74 Å². The van der Waals surface area contributed by atoms with Gasteiger partial charge in [-0.3, -0.25) is 0 Å². The second kappa shape index (κ2) is 5.50. The zero-order chi connectivity index (χ0) is 11.4. The third kappa shape index (κ3) is 3.21. The molecule has 0 aliphatic carbocycles. The highest BCUT2D eigenvalue weighted by atomic mass is 16.5. The molecular weight excluding hydrogens is 198 g/mol. The minimum atomic E-state index is 0.587. The minimum Gasteiger partial charge on any atom is -0.378 e. The SMILES string of the molecule is CC(C)CC1(CCCC2CCCO2)CNC1. The predicted octanol–water partition coefficient (Wildman–Crippen LogP) is 2.97. The molecule has 1 atom stereocenters. The van der Waals surface area contributed by atoms with Crippen molar-refractivity contribution in [3.8, 4) is 0 Å². The molecule has 2 nitrogen and oxygen atoms in total. The van der Waals surface area contributed by atoms with Crippen LogP contribution in [0.25, 0.3) is 0 Å². The third-order valence-electron chi connectivity index (χ3n) is 4.10. The summed E-state index contributed by atoms with van der Waals surface area (Å²) in [7, 11) is 0. The van der Waals surface area contributed by atoms with Crippen LogP contribution in [0.3, 0.4) is 0 Å². The molecule has 0 aromatic carbocycles. The average Bonchev–Trinajstić information content (AvgIpc) is 2.66. The van der Waals surface area contributed by atoms with Crippen molar-refractivity contribution in [2.75, 3.05) is 19.7 Å². The van der Waals surface area contributed by atoms with E-state index in [1.165, 1.54) is 51.6 Å². The molecule has 2 saturated heterocycles. The lowest BCUT2D eigenvalue weighted by Gasteiger charge is -2.44. The Labute approximate surface area is 100 Å². The van der Waals surface area contributed by atoms with Crippen molar-refractivity contribution in [1.82, 2.24) is 5.32 Å². The van der Waals surface area contributed by atoms with Gasteiger partial charge in [0, 0.05) is 19.7 Å². The summed E-state index contributed by atoms with van der Waals surface area (Å²) in [5, 5.41) is 3.45. The van der Waals surface area contributed by atoms with Crippen LogP contribution >= 0.6 is 0 Å². The fourth-order valence-electron chi connectivity index (χ4n) is 3.34. The Kier molecular flexibility index (Phi) is 4.26. The van der Waals surface area contributed by atoms with E-state index in [-0.39, 0.29) is 0 Å². The first-order chi connectivity index (χ1) is 7.70. The van der Waals surface area contributed by atoms with Gasteiger partial charge < -0.3 is 10.1 Å². The Hall–Kier alpha value is -0.0800. The summed E-state index contributed by atoms with van der Waals surface area (Å²) in [4.78, 5) is 0. The molecule has 0 aromatic rings. The molecule has 2 rings (SSSR count). The summed E-state index contributed by atoms with van der Waals surface area (Å²) in [6.45, 7) is 8.19. The van der Waals surface area contributed by atoms with Crippen molar-refractivity contribution in [3.63, 3.8) is 0 Å². The summed E-state index contributed by atoms with van der Waals surface area (Å²) >= 11 is 0. The molecule has 0 spiro atoms. The van der Waals surface area contributed by atoms with Crippen LogP contribution in [0.4, 0.5) is 0 Å². The fraction of sp³-hybridized carbons (Fsp3) is 1.00. The highest BCUT2D eigenvalue weighted by molar-refractivity contribution is 4.92. The maximum absolute atomic E-state index is 5.68. The van der Waals surface area contributed by atoms with Gasteiger partial charge >= 0.3 is 0 Å². The number of rotatable bonds is 6. The van der Waals surface area contributed by atoms with Crippen LogP contribution in [0.1, 0.15) is 52.4 Å². The molecule has 0 amide bonds. The smallest absolute Gasteiger partial charge is 0.0576 e. The van der Waals surface area contributed by atoms with E-state index >= 15 is 0 Å². The summed E-state index contributed by atoms with van der Waals surface area (Å²) in [5.74, 6) is 0.838. The number of hydrogen-bond donors (Lipinski definition) is 1. The van der Waals surface area contributed by atoms with Gasteiger partial charge in [0.05, 0.1) is 6.10 Å². The first-order valence-electron chi connectivity index (χ1n) is 7.03. The molecule has 1 unspecified atom stereocenters. The first kappa shape index (κ1) is 12.4. The number of hydrogen-bond acceptors (Lipinski definition) is 2. The molecule has 0 aromatic heterocycles. The lowest BCUT2D eigenvalue weighted by molar-refractivity contribution is 0.0814. The summed E-state index contributed by atoms with van der Waals surface area (Å²) in [5.41, 5.74) is 0.632. The molecule has 0 saturated carbocycles. The van der Waals surface area contributed by atoms with Crippen LogP contribution in [0.2, 0.25) is 0 Å². The quantitative estimate of drug-likeness (QED) is 0.750. The van der Waals surface area contributed by atoms with Crippen molar-refractivity contribution < 1.29 is 4.74 Å². The summed E-state index contributed by atoms with van der Waals surface area (Å²) < 4.78 is 5.68. The lowest BCUT2D eigenvalue weighted by atomic mass is 9.71. The van der Waals surface area contributed by atoms with Gasteiger partial charge in [-0.05, 0) is 43.4 Å². The van der Waals surface area contributed by atoms with E-state index in [0.29, 0.717) is 11.5 Å². The molecule has 2 heterocycles. The van der Waals surface area contributed by atoms with Gasteiger partial charge in [-0.1, -0.05) is 20.3 Å². The maximum atomic E-state index is 5.68. The number of ether oxygens (including phenoxy) is 1. The van der Waals surface area contributed by atoms with Crippen molar-refractivity contribution in [1.29, 1.82) is 0 Å². The Morgan fingerprint density at radius 3 is 2.69 bits per heavy atom. The van der Waals surface area contributed by atoms with Gasteiger partial charge in [0.1, 0.15) is 0 Å². The van der Waals surface area contributed by atoms with E-state index in [1.807, 2.05) is 0 Å². The molecule has 2 aliphatic rings. The molecule has 94 valence electrons. The van der Waals surface area contributed by atoms with Crippen LogP contribution in [0, 0.1) is 11.3 Å². The highest BCUT2D eigenvalue weighted by Gasteiger charge is 2.36. The largest absolute Gasteiger partial charge is 0.378 e. The molecule has 0 radical (unpaired) electrons. The van der Waals surface area contributed by atoms with E-state index in [2.05, 4.69) is 19.2 Å². The second-order valence-electron chi connectivity index (χ2n) is 6.23. The second-order valence-corrected chi connectivity index (χ2v) is 6.23. The van der Waals surface area contributed by atoms with Gasteiger partial charge in [0.25, 0.3) is 0 Å². The molecular formula is C14H27NO. The first-order valence-corrected chi connectivity index (χ1v) is 7.03. The van der Waals surface area contributed by atoms with Crippen molar-refractivity contribution in [3.05, 3.63) is 0 Å². The van der Waals surface area contributed by atoms with E-state index in [9.17, 15) is 0 Å². The summed E-state index contributed by atoms with van der Waals surface area (Å²) in [6, 6.07) is 0. The van der Waals surface area contributed by atoms with Gasteiger partial charge in [0.2, 0.25) is 0 Å². The van der Waals surface area contributed by atoms with Crippen LogP contribution in [-0.4, -0.2) is 25.8 Å². The van der Waals surface area contributed by atoms with Crippen molar-refractivity contribution >= 4 is 0 Å². The minimum absolute atomic E-state index is 0.587. The molecule has 16 heavy (non-hydrogen) atoms. The number of nitrogens with one attached hydrogen (secondary N) is 1. The van der Waals surface area contributed by atoms with Gasteiger partial charge in [-0.25, -0.2) is 0 Å². The predicted molar refractivity (Wildman–Crippen MR) is 67.6 cm³/mol. The molecule has 2 fully saturated rings. The monoisotopic (exact) mass is 225 g/mol. The Morgan fingerprint density at radius 1 is 1.38 bits per heavy atom. The molecule has 0 bridgehead atoms. The summed E-state index contributed by atoms with van der Waals surface area (Å²) in [6.07, 6.45) is 8.62. The molecule has 1 N–H and O–H groups in total. The van der Waals surface area contributed by atoms with Crippen molar-refractivity contribution in [2.24, 2.45) is 11.3 Å². The van der Waals surface area contributed by atoms with Gasteiger partial charge in [0.15, 0.2) is 0 Å². The van der Waals surface area contributed by atoms with Crippen molar-refractivity contribution in [2.45, 2.75) is 58.5 Å². The van der Waals surface area contributed by atoms with E-state index in [4.69, 9.17) is 4.74 Å². The standard InChI is InChI=1S/C14H27NO/c1-12(2)9-14(10-15-11-14)7-3-5-13-6-4-8-16-13/h12-13,15H,3-11H2,1-2H3. The topological polar surface area (TPSA) is 21.3 Å². The van der Waals surface area contributed by atoms with Gasteiger partial charge in [-0.2, -0.15) is 0 Å². The third-order valence-corrected chi connectivity index (χ3v) is 4.10. The van der Waals surface area contributed by atoms with Crippen LogP contribution in [0.5, 0.6) is 0 Å². The van der Waals surface area contributed by atoms with E-state index in [0.717, 1.165) is 12.5 Å². The average molecular weight is 225 g/mol. The van der Waals surface area contributed by atoms with E-state index in [1.54, 1.807) is 0 Å². The maximum Gasteiger partial charge on any atom is 0.0576 e. The zero-order valence-electron chi connectivity index (χ0n) is 10.9. The zero-order valence-corrected chi connectivity index (χ0v) is 10.9.